The normalized spacial score (nSPS) is 12.5. The molecule has 2 aromatic rings. The molecule has 1 aromatic carbocycles. The lowest BCUT2D eigenvalue weighted by Gasteiger charge is -2.15. The Hall–Kier alpha value is -0.650. The average Bonchev–Trinajstić information content (AvgIpc) is 2.77. The standard InChI is InChI=1S/C16H17Br2NOS/c1-9(2)11-4-6-12(7-5-11)10(3)19-16(20)13-8-14(17)21-15(13)18/h4-10H,1-3H3,(H,19,20). The molecule has 0 aliphatic rings. The SMILES string of the molecule is CC(C)c1ccc(C(C)NC(=O)c2cc(Br)sc2Br)cc1. The van der Waals surface area contributed by atoms with Crippen LogP contribution in [-0.2, 0) is 0 Å². The van der Waals surface area contributed by atoms with Crippen LogP contribution in [0, 0.1) is 0 Å². The number of benzene rings is 1. The van der Waals surface area contributed by atoms with Crippen molar-refractivity contribution in [3.63, 3.8) is 0 Å². The highest BCUT2D eigenvalue weighted by Crippen LogP contribution is 2.32. The number of hydrogen-bond acceptors (Lipinski definition) is 2. The highest BCUT2D eigenvalue weighted by molar-refractivity contribution is 9.12. The molecular weight excluding hydrogens is 414 g/mol. The first-order valence-electron chi connectivity index (χ1n) is 6.74. The quantitative estimate of drug-likeness (QED) is 0.643. The number of thiophene rings is 1. The third-order valence-corrected chi connectivity index (χ3v) is 5.69. The minimum Gasteiger partial charge on any atom is -0.345 e. The van der Waals surface area contributed by atoms with E-state index in [-0.39, 0.29) is 11.9 Å². The van der Waals surface area contributed by atoms with Crippen molar-refractivity contribution in [2.45, 2.75) is 32.7 Å². The van der Waals surface area contributed by atoms with E-state index in [9.17, 15) is 4.79 Å². The Balaban J connectivity index is 2.08. The van der Waals surface area contributed by atoms with Crippen LogP contribution in [0.5, 0.6) is 0 Å². The monoisotopic (exact) mass is 429 g/mol. The second-order valence-electron chi connectivity index (χ2n) is 5.25. The largest absolute Gasteiger partial charge is 0.345 e. The average molecular weight is 431 g/mol. The molecule has 0 aliphatic carbocycles. The molecule has 2 nitrogen and oxygen atoms in total. The van der Waals surface area contributed by atoms with Gasteiger partial charge in [-0.15, -0.1) is 11.3 Å². The van der Waals surface area contributed by atoms with Gasteiger partial charge in [0.25, 0.3) is 5.91 Å². The van der Waals surface area contributed by atoms with Gasteiger partial charge in [-0.2, -0.15) is 0 Å². The van der Waals surface area contributed by atoms with Gasteiger partial charge in [-0.05, 0) is 61.9 Å². The van der Waals surface area contributed by atoms with Crippen molar-refractivity contribution in [2.75, 3.05) is 0 Å². The van der Waals surface area contributed by atoms with Crippen LogP contribution in [-0.4, -0.2) is 5.91 Å². The lowest BCUT2D eigenvalue weighted by molar-refractivity contribution is 0.0939. The number of rotatable bonds is 4. The first-order valence-corrected chi connectivity index (χ1v) is 9.14. The van der Waals surface area contributed by atoms with Crippen LogP contribution in [0.2, 0.25) is 0 Å². The second kappa shape index (κ2) is 7.07. The summed E-state index contributed by atoms with van der Waals surface area (Å²) >= 11 is 8.31. The Labute approximate surface area is 146 Å². The van der Waals surface area contributed by atoms with Crippen LogP contribution in [0.1, 0.15) is 54.2 Å². The number of carbonyl (C=O) groups is 1. The lowest BCUT2D eigenvalue weighted by atomic mass is 9.99. The molecule has 0 radical (unpaired) electrons. The van der Waals surface area contributed by atoms with E-state index in [1.165, 1.54) is 16.9 Å². The Morgan fingerprint density at radius 3 is 2.14 bits per heavy atom. The summed E-state index contributed by atoms with van der Waals surface area (Å²) < 4.78 is 1.78. The predicted octanol–water partition coefficient (Wildman–Crippen LogP) is 5.89. The Morgan fingerprint density at radius 1 is 1.10 bits per heavy atom. The van der Waals surface area contributed by atoms with Gasteiger partial charge in [0.15, 0.2) is 0 Å². The van der Waals surface area contributed by atoms with Crippen LogP contribution < -0.4 is 5.32 Å². The van der Waals surface area contributed by atoms with Gasteiger partial charge in [-0.1, -0.05) is 38.1 Å². The van der Waals surface area contributed by atoms with Crippen molar-refractivity contribution in [1.29, 1.82) is 0 Å². The zero-order chi connectivity index (χ0) is 15.6. The van der Waals surface area contributed by atoms with Crippen LogP contribution in [0.4, 0.5) is 0 Å². The highest BCUT2D eigenvalue weighted by Gasteiger charge is 2.16. The van der Waals surface area contributed by atoms with Crippen molar-refractivity contribution in [1.82, 2.24) is 5.32 Å². The molecular formula is C16H17Br2NOS. The predicted molar refractivity (Wildman–Crippen MR) is 96.1 cm³/mol. The number of amides is 1. The minimum atomic E-state index is -0.0655. The van der Waals surface area contributed by atoms with E-state index in [4.69, 9.17) is 0 Å². The van der Waals surface area contributed by atoms with E-state index in [1.54, 1.807) is 0 Å². The molecule has 1 aromatic heterocycles. The molecule has 0 spiro atoms. The summed E-state index contributed by atoms with van der Waals surface area (Å²) in [6.07, 6.45) is 0. The number of hydrogen-bond donors (Lipinski definition) is 1. The third-order valence-electron chi connectivity index (χ3n) is 3.35. The molecule has 1 amide bonds. The molecule has 0 saturated carbocycles. The Bertz CT molecular complexity index is 634. The molecule has 5 heteroatoms. The summed E-state index contributed by atoms with van der Waals surface area (Å²) in [6.45, 7) is 6.34. The fraction of sp³-hybridized carbons (Fsp3) is 0.312. The molecule has 21 heavy (non-hydrogen) atoms. The van der Waals surface area contributed by atoms with Crippen LogP contribution >= 0.6 is 43.2 Å². The third kappa shape index (κ3) is 4.18. The van der Waals surface area contributed by atoms with Gasteiger partial charge in [-0.25, -0.2) is 0 Å². The Kier molecular flexibility index (Phi) is 5.63. The van der Waals surface area contributed by atoms with Crippen LogP contribution in [0.25, 0.3) is 0 Å². The lowest BCUT2D eigenvalue weighted by Crippen LogP contribution is -2.26. The van der Waals surface area contributed by atoms with Gasteiger partial charge in [0.1, 0.15) is 0 Å². The summed E-state index contributed by atoms with van der Waals surface area (Å²) in [5, 5.41) is 3.03. The van der Waals surface area contributed by atoms with E-state index >= 15 is 0 Å². The number of nitrogens with one attached hydrogen (secondary N) is 1. The topological polar surface area (TPSA) is 29.1 Å². The molecule has 1 atom stereocenters. The molecule has 1 N–H and O–H groups in total. The second-order valence-corrected chi connectivity index (χ2v) is 9.00. The van der Waals surface area contributed by atoms with E-state index < -0.39 is 0 Å². The summed E-state index contributed by atoms with van der Waals surface area (Å²) in [5.74, 6) is 0.451. The van der Waals surface area contributed by atoms with Gasteiger partial charge < -0.3 is 5.32 Å². The van der Waals surface area contributed by atoms with Gasteiger partial charge in [0, 0.05) is 0 Å². The summed E-state index contributed by atoms with van der Waals surface area (Å²) in [5.41, 5.74) is 3.08. The van der Waals surface area contributed by atoms with Crippen molar-refractivity contribution in [3.05, 3.63) is 54.6 Å². The molecule has 2 rings (SSSR count). The van der Waals surface area contributed by atoms with Crippen LogP contribution in [0.3, 0.4) is 0 Å². The van der Waals surface area contributed by atoms with E-state index in [0.717, 1.165) is 13.1 Å². The zero-order valence-corrected chi connectivity index (χ0v) is 16.1. The zero-order valence-electron chi connectivity index (χ0n) is 12.1. The smallest absolute Gasteiger partial charge is 0.253 e. The van der Waals surface area contributed by atoms with E-state index in [1.807, 2.05) is 13.0 Å². The van der Waals surface area contributed by atoms with Gasteiger partial charge in [0.2, 0.25) is 0 Å². The van der Waals surface area contributed by atoms with Crippen molar-refractivity contribution < 1.29 is 4.79 Å². The van der Waals surface area contributed by atoms with Crippen LogP contribution in [0.15, 0.2) is 37.9 Å². The minimum absolute atomic E-state index is 0.0238. The molecule has 0 aliphatic heterocycles. The van der Waals surface area contributed by atoms with Crippen molar-refractivity contribution >= 4 is 49.1 Å². The molecule has 0 bridgehead atoms. The van der Waals surface area contributed by atoms with Gasteiger partial charge in [-0.3, -0.25) is 4.79 Å². The van der Waals surface area contributed by atoms with E-state index in [0.29, 0.717) is 11.5 Å². The first-order chi connectivity index (χ1) is 9.88. The van der Waals surface area contributed by atoms with Crippen molar-refractivity contribution in [3.8, 4) is 0 Å². The Morgan fingerprint density at radius 2 is 1.67 bits per heavy atom. The maximum Gasteiger partial charge on any atom is 0.253 e. The molecule has 1 heterocycles. The molecule has 1 unspecified atom stereocenters. The van der Waals surface area contributed by atoms with E-state index in [2.05, 4.69) is 75.3 Å². The van der Waals surface area contributed by atoms with Gasteiger partial charge >= 0.3 is 0 Å². The molecule has 0 fully saturated rings. The highest BCUT2D eigenvalue weighted by atomic mass is 79.9. The fourth-order valence-corrected chi connectivity index (χ4v) is 4.82. The maximum atomic E-state index is 12.3. The van der Waals surface area contributed by atoms with Gasteiger partial charge in [0.05, 0.1) is 19.2 Å². The number of halogens is 2. The summed E-state index contributed by atoms with van der Waals surface area (Å²) in [7, 11) is 0. The summed E-state index contributed by atoms with van der Waals surface area (Å²) in [4.78, 5) is 12.3. The maximum absolute atomic E-state index is 12.3. The van der Waals surface area contributed by atoms with Crippen molar-refractivity contribution in [2.24, 2.45) is 0 Å². The fourth-order valence-electron chi connectivity index (χ4n) is 2.02. The molecule has 112 valence electrons. The summed E-state index contributed by atoms with van der Waals surface area (Å²) in [6, 6.07) is 10.2. The molecule has 0 saturated heterocycles. The number of carbonyl (C=O) groups excluding carboxylic acids is 1. The first kappa shape index (κ1) is 16.7.